The summed E-state index contributed by atoms with van der Waals surface area (Å²) in [5.41, 5.74) is 4.22. The first kappa shape index (κ1) is 28.3. The molecule has 1 fully saturated rings. The molecule has 40 heavy (non-hydrogen) atoms. The number of hydrogen-bond acceptors (Lipinski definition) is 6. The van der Waals surface area contributed by atoms with Gasteiger partial charge in [-0.15, -0.1) is 0 Å². The molecule has 0 unspecified atom stereocenters. The van der Waals surface area contributed by atoms with Gasteiger partial charge in [-0.25, -0.2) is 13.1 Å². The van der Waals surface area contributed by atoms with Crippen LogP contribution in [0.4, 0.5) is 0 Å². The topological polar surface area (TPSA) is 110 Å². The van der Waals surface area contributed by atoms with Gasteiger partial charge in [0, 0.05) is 42.6 Å². The summed E-state index contributed by atoms with van der Waals surface area (Å²) in [6.45, 7) is 1.76. The monoisotopic (exact) mass is 566 g/mol. The van der Waals surface area contributed by atoms with Crippen LogP contribution in [0.25, 0.3) is 22.2 Å². The Morgan fingerprint density at radius 3 is 2.35 bits per heavy atom. The molecule has 1 amide bonds. The fraction of sp³-hybridized carbons (Fsp3) is 0.467. The summed E-state index contributed by atoms with van der Waals surface area (Å²) in [5, 5.41) is 4.03. The van der Waals surface area contributed by atoms with Gasteiger partial charge in [-0.2, -0.15) is 0 Å². The lowest BCUT2D eigenvalue weighted by Crippen LogP contribution is -2.39. The summed E-state index contributed by atoms with van der Waals surface area (Å²) in [6.07, 6.45) is 5.63. The Kier molecular flexibility index (Phi) is 8.58. The van der Waals surface area contributed by atoms with Gasteiger partial charge in [-0.3, -0.25) is 9.59 Å². The molecule has 2 N–H and O–H groups in total. The first-order chi connectivity index (χ1) is 19.3. The van der Waals surface area contributed by atoms with Crippen molar-refractivity contribution >= 4 is 32.6 Å². The number of amides is 1. The largest absolute Gasteiger partial charge is 0.497 e. The van der Waals surface area contributed by atoms with Crippen LogP contribution >= 0.6 is 0 Å². The molecule has 1 aromatic heterocycles. The molecular formula is C30H38N4O5S. The number of benzene rings is 2. The number of nitrogens with one attached hydrogen (secondary N) is 2. The molecule has 0 atom stereocenters. The molecule has 0 radical (unpaired) electrons. The zero-order valence-electron chi connectivity index (χ0n) is 23.2. The van der Waals surface area contributed by atoms with E-state index in [4.69, 9.17) is 4.74 Å². The highest BCUT2D eigenvalue weighted by Gasteiger charge is 2.28. The molecule has 0 spiro atoms. The van der Waals surface area contributed by atoms with Crippen LogP contribution in [0.1, 0.15) is 53.9 Å². The van der Waals surface area contributed by atoms with Crippen molar-refractivity contribution in [1.82, 2.24) is 19.5 Å². The first-order valence-electron chi connectivity index (χ1n) is 14.0. The summed E-state index contributed by atoms with van der Waals surface area (Å²) in [4.78, 5) is 28.5. The van der Waals surface area contributed by atoms with Crippen molar-refractivity contribution < 1.29 is 22.7 Å². The second kappa shape index (κ2) is 12.1. The maximum Gasteiger partial charge on any atom is 0.240 e. The first-order valence-corrected chi connectivity index (χ1v) is 15.7. The van der Waals surface area contributed by atoms with E-state index < -0.39 is 21.6 Å². The van der Waals surface area contributed by atoms with Crippen LogP contribution in [0, 0.1) is 0 Å². The number of aromatic nitrogens is 1. The number of carbonyl (C=O) groups is 2. The molecule has 1 aliphatic heterocycles. The molecular weight excluding hydrogens is 528 g/mol. The third kappa shape index (κ3) is 6.24. The number of fused-ring (bicyclic) bond motifs is 1. The van der Waals surface area contributed by atoms with Gasteiger partial charge in [-0.1, -0.05) is 31.4 Å². The Hall–Kier alpha value is -3.21. The van der Waals surface area contributed by atoms with E-state index in [2.05, 4.69) is 10.0 Å². The molecule has 214 valence electrons. The predicted molar refractivity (Wildman–Crippen MR) is 156 cm³/mol. The fourth-order valence-electron chi connectivity index (χ4n) is 5.98. The second-order valence-corrected chi connectivity index (χ2v) is 12.7. The van der Waals surface area contributed by atoms with Gasteiger partial charge in [-0.05, 0) is 67.3 Å². The molecule has 1 aliphatic carbocycles. The zero-order valence-corrected chi connectivity index (χ0v) is 24.1. The highest BCUT2D eigenvalue weighted by Crippen LogP contribution is 2.44. The number of methoxy groups -OCH3 is 1. The average Bonchev–Trinajstić information content (AvgIpc) is 3.25. The minimum absolute atomic E-state index is 0.0891. The van der Waals surface area contributed by atoms with Crippen molar-refractivity contribution in [3.63, 3.8) is 0 Å². The fourth-order valence-corrected chi connectivity index (χ4v) is 6.99. The summed E-state index contributed by atoms with van der Waals surface area (Å²) in [6, 6.07) is 13.3. The smallest absolute Gasteiger partial charge is 0.240 e. The minimum atomic E-state index is -3.79. The lowest BCUT2D eigenvalue weighted by Gasteiger charge is -2.24. The van der Waals surface area contributed by atoms with Gasteiger partial charge in [0.2, 0.25) is 15.9 Å². The van der Waals surface area contributed by atoms with E-state index in [-0.39, 0.29) is 19.0 Å². The van der Waals surface area contributed by atoms with Crippen molar-refractivity contribution in [2.75, 3.05) is 46.1 Å². The number of ketones is 1. The quantitative estimate of drug-likeness (QED) is 0.502. The van der Waals surface area contributed by atoms with E-state index in [0.717, 1.165) is 53.6 Å². The third-order valence-electron chi connectivity index (χ3n) is 8.06. The highest BCUT2D eigenvalue weighted by atomic mass is 32.2. The van der Waals surface area contributed by atoms with Gasteiger partial charge < -0.3 is 19.5 Å². The van der Waals surface area contributed by atoms with E-state index in [9.17, 15) is 18.0 Å². The third-order valence-corrected chi connectivity index (χ3v) is 9.34. The van der Waals surface area contributed by atoms with Gasteiger partial charge in [0.25, 0.3) is 0 Å². The molecule has 2 bridgehead atoms. The van der Waals surface area contributed by atoms with Gasteiger partial charge >= 0.3 is 0 Å². The van der Waals surface area contributed by atoms with Crippen LogP contribution in [0.3, 0.4) is 0 Å². The van der Waals surface area contributed by atoms with E-state index in [1.807, 2.05) is 46.8 Å². The molecule has 1 saturated carbocycles. The number of sulfonamides is 1. The number of rotatable bonds is 3. The number of likely N-dealkylation sites (N-methyl/N-ethyl adjacent to an activating group) is 1. The van der Waals surface area contributed by atoms with Crippen LogP contribution in [-0.4, -0.2) is 75.7 Å². The van der Waals surface area contributed by atoms with Crippen LogP contribution in [0.15, 0.2) is 42.5 Å². The predicted octanol–water partition coefficient (Wildman–Crippen LogP) is 3.53. The van der Waals surface area contributed by atoms with Crippen LogP contribution in [-0.2, 0) is 21.4 Å². The average molecular weight is 567 g/mol. The van der Waals surface area contributed by atoms with Crippen molar-refractivity contribution in [2.24, 2.45) is 0 Å². The minimum Gasteiger partial charge on any atom is -0.497 e. The van der Waals surface area contributed by atoms with Crippen LogP contribution in [0.2, 0.25) is 0 Å². The zero-order chi connectivity index (χ0) is 28.3. The van der Waals surface area contributed by atoms with Gasteiger partial charge in [0.15, 0.2) is 5.78 Å². The SMILES string of the molecule is COc1ccc(-c2c(C3CCCCC3)c3ccc4cc3n2CC(=O)NCCN(C)CCNS(=O)(=O)CC4=O)cc1. The Balaban J connectivity index is 1.70. The lowest BCUT2D eigenvalue weighted by atomic mass is 9.81. The second-order valence-electron chi connectivity index (χ2n) is 10.9. The van der Waals surface area contributed by atoms with Crippen molar-refractivity contribution in [1.29, 1.82) is 0 Å². The maximum atomic E-state index is 13.3. The summed E-state index contributed by atoms with van der Waals surface area (Å²) < 4.78 is 35.3. The Morgan fingerprint density at radius 2 is 1.62 bits per heavy atom. The number of ether oxygens (including phenoxy) is 1. The number of carbonyl (C=O) groups excluding carboxylic acids is 2. The van der Waals surface area contributed by atoms with E-state index in [1.54, 1.807) is 19.2 Å². The van der Waals surface area contributed by atoms with Crippen molar-refractivity contribution in [2.45, 2.75) is 44.6 Å². The molecule has 2 heterocycles. The van der Waals surface area contributed by atoms with E-state index >= 15 is 0 Å². The van der Waals surface area contributed by atoms with Crippen LogP contribution < -0.4 is 14.8 Å². The Labute approximate surface area is 235 Å². The Bertz CT molecular complexity index is 1490. The van der Waals surface area contributed by atoms with E-state index in [1.165, 1.54) is 12.0 Å². The molecule has 2 aliphatic rings. The number of Topliss-reactive ketones (excluding diaryl/α,β-unsaturated/α-hetero) is 1. The summed E-state index contributed by atoms with van der Waals surface area (Å²) in [5.74, 6) is -0.134. The highest BCUT2D eigenvalue weighted by molar-refractivity contribution is 7.90. The Morgan fingerprint density at radius 1 is 0.925 bits per heavy atom. The summed E-state index contributed by atoms with van der Waals surface area (Å²) in [7, 11) is -0.286. The van der Waals surface area contributed by atoms with Crippen LogP contribution in [0.5, 0.6) is 5.75 Å². The normalized spacial score (nSPS) is 20.1. The standard InChI is InChI=1S/C30H38N4O5S/c1-33-16-14-31-28(36)19-34-26-18-23(27(35)20-40(37,38)32-15-17-33)10-13-25(26)29(21-6-4-3-5-7-21)30(34)22-8-11-24(39-2)12-9-22/h8-13,18,21,32H,3-7,14-17,19-20H2,1-2H3,(H,31,36). The molecule has 5 rings (SSSR count). The molecule has 10 heteroatoms. The van der Waals surface area contributed by atoms with Gasteiger partial charge in [0.05, 0.1) is 12.8 Å². The van der Waals surface area contributed by atoms with E-state index in [0.29, 0.717) is 31.1 Å². The molecule has 2 aromatic carbocycles. The number of nitrogens with zero attached hydrogens (tertiary/aromatic N) is 2. The van der Waals surface area contributed by atoms with Crippen molar-refractivity contribution in [3.05, 3.63) is 53.6 Å². The maximum absolute atomic E-state index is 13.3. The molecule has 0 saturated heterocycles. The summed E-state index contributed by atoms with van der Waals surface area (Å²) >= 11 is 0. The lowest BCUT2D eigenvalue weighted by molar-refractivity contribution is -0.121. The molecule has 9 nitrogen and oxygen atoms in total. The van der Waals surface area contributed by atoms with Gasteiger partial charge in [0.1, 0.15) is 18.0 Å². The van der Waals surface area contributed by atoms with Crippen molar-refractivity contribution in [3.8, 4) is 17.0 Å². The molecule has 3 aromatic rings. The number of hydrogen-bond donors (Lipinski definition) is 2.